The number of esters is 2. The quantitative estimate of drug-likeness (QED) is 0.118. The van der Waals surface area contributed by atoms with Crippen LogP contribution in [0.4, 0.5) is 9.59 Å². The predicted octanol–water partition coefficient (Wildman–Crippen LogP) is 5.95. The van der Waals surface area contributed by atoms with Crippen LogP contribution in [0.3, 0.4) is 0 Å². The minimum absolute atomic E-state index is 0.0117. The highest BCUT2D eigenvalue weighted by Crippen LogP contribution is 2.45. The van der Waals surface area contributed by atoms with Gasteiger partial charge in [0, 0.05) is 22.3 Å². The van der Waals surface area contributed by atoms with Gasteiger partial charge in [0.2, 0.25) is 0 Å². The number of hydrogen-bond acceptors (Lipinski definition) is 9. The minimum atomic E-state index is -0.814. The van der Waals surface area contributed by atoms with Crippen molar-refractivity contribution in [3.05, 3.63) is 96.6 Å². The first-order valence-corrected chi connectivity index (χ1v) is 14.1. The Hall–Kier alpha value is -6.15. The van der Waals surface area contributed by atoms with Crippen molar-refractivity contribution in [2.45, 2.75) is 13.8 Å². The van der Waals surface area contributed by atoms with Gasteiger partial charge in [0.25, 0.3) is 0 Å². The van der Waals surface area contributed by atoms with Crippen LogP contribution < -0.4 is 20.1 Å². The number of rotatable bonds is 11. The van der Waals surface area contributed by atoms with Crippen LogP contribution in [-0.4, -0.2) is 50.4 Å². The first kappa shape index (κ1) is 32.8. The van der Waals surface area contributed by atoms with Gasteiger partial charge >= 0.3 is 24.1 Å². The zero-order valence-corrected chi connectivity index (χ0v) is 25.3. The summed E-state index contributed by atoms with van der Waals surface area (Å²) in [5.74, 6) is -0.859. The Bertz CT molecular complexity index is 1910. The van der Waals surface area contributed by atoms with Crippen LogP contribution in [0.25, 0.3) is 32.7 Å². The summed E-state index contributed by atoms with van der Waals surface area (Å²) in [4.78, 5) is 49.1. The fourth-order valence-electron chi connectivity index (χ4n) is 4.43. The summed E-state index contributed by atoms with van der Waals surface area (Å²) in [6.07, 6.45) is -1.62. The molecule has 0 heterocycles. The molecule has 4 aromatic rings. The van der Waals surface area contributed by atoms with Gasteiger partial charge in [0.15, 0.2) is 0 Å². The van der Waals surface area contributed by atoms with Crippen molar-refractivity contribution in [3.8, 4) is 28.7 Å². The van der Waals surface area contributed by atoms with E-state index in [1.807, 2.05) is 24.3 Å². The molecule has 0 aliphatic rings. The summed E-state index contributed by atoms with van der Waals surface area (Å²) < 4.78 is 21.6. The summed E-state index contributed by atoms with van der Waals surface area (Å²) >= 11 is 0. The maximum absolute atomic E-state index is 12.9. The molecule has 0 radical (unpaired) electrons. The number of benzene rings is 4. The van der Waals surface area contributed by atoms with Crippen molar-refractivity contribution in [2.75, 3.05) is 26.3 Å². The van der Waals surface area contributed by atoms with E-state index in [1.54, 1.807) is 42.5 Å². The van der Waals surface area contributed by atoms with Crippen molar-refractivity contribution in [1.29, 1.82) is 5.26 Å². The maximum atomic E-state index is 12.9. The lowest BCUT2D eigenvalue weighted by Gasteiger charge is -2.19. The third-order valence-corrected chi connectivity index (χ3v) is 6.56. The Balaban J connectivity index is 1.71. The molecule has 2 N–H and O–H groups in total. The van der Waals surface area contributed by atoms with Crippen LogP contribution in [0.1, 0.15) is 19.4 Å². The molecule has 0 saturated heterocycles. The van der Waals surface area contributed by atoms with Gasteiger partial charge in [-0.25, -0.2) is 19.2 Å². The number of nitriles is 1. The number of carbonyl (C=O) groups excluding carboxylic acids is 4. The smallest absolute Gasteiger partial charge is 0.412 e. The second kappa shape index (κ2) is 15.0. The molecule has 4 aromatic carbocycles. The highest BCUT2D eigenvalue weighted by Gasteiger charge is 2.22. The summed E-state index contributed by atoms with van der Waals surface area (Å²) in [6, 6.07) is 21.3. The standard InChI is InChI=1S/C35H31N3O8/c1-21(2)32(39)43-17-15-37-34(41)45-28-13-10-24-7-5-6-8-26(24)30(28)31-27-12-9-23(20-36)19-25(27)11-14-29(31)46-35(42)38-16-18-44-33(40)22(3)4/h5-14,19H,1,3,15-18H2,2,4H3,(H,37,41)(H,38,42). The van der Waals surface area contributed by atoms with Crippen molar-refractivity contribution in [1.82, 2.24) is 10.6 Å². The molecule has 0 bridgehead atoms. The van der Waals surface area contributed by atoms with Crippen molar-refractivity contribution in [3.63, 3.8) is 0 Å². The van der Waals surface area contributed by atoms with Crippen molar-refractivity contribution < 1.29 is 38.1 Å². The number of carbonyl (C=O) groups is 4. The van der Waals surface area contributed by atoms with Gasteiger partial charge in [-0.3, -0.25) is 0 Å². The fraction of sp³-hybridized carbons (Fsp3) is 0.171. The second-order valence-electron chi connectivity index (χ2n) is 10.1. The van der Waals surface area contributed by atoms with Crippen LogP contribution in [-0.2, 0) is 19.1 Å². The molecule has 0 aliphatic carbocycles. The van der Waals surface area contributed by atoms with Crippen LogP contribution in [0.5, 0.6) is 11.5 Å². The third-order valence-electron chi connectivity index (χ3n) is 6.56. The lowest BCUT2D eigenvalue weighted by atomic mass is 9.91. The Morgan fingerprint density at radius 2 is 1.20 bits per heavy atom. The average Bonchev–Trinajstić information content (AvgIpc) is 3.04. The van der Waals surface area contributed by atoms with E-state index in [4.69, 9.17) is 18.9 Å². The van der Waals surface area contributed by atoms with Gasteiger partial charge < -0.3 is 29.6 Å². The third kappa shape index (κ3) is 8.06. The molecule has 234 valence electrons. The molecule has 0 aromatic heterocycles. The molecular weight excluding hydrogens is 590 g/mol. The molecular formula is C35H31N3O8. The Morgan fingerprint density at radius 3 is 1.72 bits per heavy atom. The van der Waals surface area contributed by atoms with Gasteiger partial charge in [0.05, 0.1) is 24.7 Å². The van der Waals surface area contributed by atoms with Crippen LogP contribution >= 0.6 is 0 Å². The molecule has 4 rings (SSSR count). The highest BCUT2D eigenvalue weighted by atomic mass is 16.6. The normalized spacial score (nSPS) is 10.4. The van der Waals surface area contributed by atoms with Gasteiger partial charge in [0.1, 0.15) is 24.7 Å². The molecule has 0 atom stereocenters. The van der Waals surface area contributed by atoms with Crippen molar-refractivity contribution in [2.24, 2.45) is 0 Å². The molecule has 0 saturated carbocycles. The van der Waals surface area contributed by atoms with Crippen LogP contribution in [0.15, 0.2) is 91.0 Å². The van der Waals surface area contributed by atoms with E-state index in [0.29, 0.717) is 32.8 Å². The topological polar surface area (TPSA) is 153 Å². The molecule has 46 heavy (non-hydrogen) atoms. The Labute approximate surface area is 265 Å². The number of nitrogens with zero attached hydrogens (tertiary/aromatic N) is 1. The largest absolute Gasteiger partial charge is 0.460 e. The Morgan fingerprint density at radius 1 is 0.696 bits per heavy atom. The molecule has 11 heteroatoms. The van der Waals surface area contributed by atoms with Crippen molar-refractivity contribution >= 4 is 45.7 Å². The molecule has 2 amide bonds. The van der Waals surface area contributed by atoms with Crippen LogP contribution in [0, 0.1) is 11.3 Å². The Kier molecular flexibility index (Phi) is 10.7. The highest BCUT2D eigenvalue weighted by molar-refractivity contribution is 6.10. The van der Waals surface area contributed by atoms with E-state index in [-0.39, 0.29) is 48.9 Å². The summed E-state index contributed by atoms with van der Waals surface area (Å²) in [5, 5.41) is 17.4. The first-order chi connectivity index (χ1) is 22.1. The van der Waals surface area contributed by atoms with E-state index >= 15 is 0 Å². The number of hydrogen-bond donors (Lipinski definition) is 2. The molecule has 0 spiro atoms. The van der Waals surface area contributed by atoms with E-state index < -0.39 is 24.1 Å². The molecule has 11 nitrogen and oxygen atoms in total. The lowest BCUT2D eigenvalue weighted by Crippen LogP contribution is -2.31. The van der Waals surface area contributed by atoms with Gasteiger partial charge in [-0.2, -0.15) is 5.26 Å². The number of amides is 2. The molecule has 0 aliphatic heterocycles. The van der Waals surface area contributed by atoms with Crippen LogP contribution in [0.2, 0.25) is 0 Å². The van der Waals surface area contributed by atoms with Gasteiger partial charge in [-0.05, 0) is 59.7 Å². The van der Waals surface area contributed by atoms with E-state index in [0.717, 1.165) is 5.39 Å². The number of nitrogens with one attached hydrogen (secondary N) is 2. The van der Waals surface area contributed by atoms with E-state index in [2.05, 4.69) is 29.9 Å². The van der Waals surface area contributed by atoms with E-state index in [9.17, 15) is 24.4 Å². The second-order valence-corrected chi connectivity index (χ2v) is 10.1. The van der Waals surface area contributed by atoms with Gasteiger partial charge in [-0.1, -0.05) is 55.6 Å². The SMILES string of the molecule is C=C(C)C(=O)OCCNC(=O)Oc1ccc2ccccc2c1-c1c(OC(=O)NCCOC(=O)C(=C)C)ccc2cc(C#N)ccc12. The molecule has 0 unspecified atom stereocenters. The minimum Gasteiger partial charge on any atom is -0.460 e. The average molecular weight is 622 g/mol. The number of fused-ring (bicyclic) bond motifs is 2. The lowest BCUT2D eigenvalue weighted by molar-refractivity contribution is -0.139. The first-order valence-electron chi connectivity index (χ1n) is 14.1. The zero-order chi connectivity index (χ0) is 33.2. The summed E-state index contributed by atoms with van der Waals surface area (Å²) in [7, 11) is 0. The van der Waals surface area contributed by atoms with Gasteiger partial charge in [-0.15, -0.1) is 0 Å². The predicted molar refractivity (Wildman–Crippen MR) is 171 cm³/mol. The monoisotopic (exact) mass is 621 g/mol. The zero-order valence-electron chi connectivity index (χ0n) is 25.3. The summed E-state index contributed by atoms with van der Waals surface area (Å²) in [6.45, 7) is 9.86. The molecule has 0 fully saturated rings. The fourth-order valence-corrected chi connectivity index (χ4v) is 4.43. The summed E-state index contributed by atoms with van der Waals surface area (Å²) in [5.41, 5.74) is 1.78. The maximum Gasteiger partial charge on any atom is 0.412 e. The number of ether oxygens (including phenoxy) is 4. The van der Waals surface area contributed by atoms with E-state index in [1.165, 1.54) is 13.8 Å².